The summed E-state index contributed by atoms with van der Waals surface area (Å²) in [5, 5.41) is 0. The summed E-state index contributed by atoms with van der Waals surface area (Å²) in [7, 11) is 0. The zero-order chi connectivity index (χ0) is 6.69. The van der Waals surface area contributed by atoms with Crippen molar-refractivity contribution in [1.82, 2.24) is 0 Å². The second-order valence-electron chi connectivity index (χ2n) is 2.90. The molecule has 0 heteroatoms. The van der Waals surface area contributed by atoms with Crippen LogP contribution in [0.5, 0.6) is 0 Å². The van der Waals surface area contributed by atoms with Crippen molar-refractivity contribution in [2.24, 2.45) is 11.8 Å². The average molecular weight is 122 g/mol. The van der Waals surface area contributed by atoms with Gasteiger partial charge in [-0.1, -0.05) is 26.2 Å². The summed E-state index contributed by atoms with van der Waals surface area (Å²) >= 11 is 0. The Morgan fingerprint density at radius 1 is 1.56 bits per heavy atom. The highest BCUT2D eigenvalue weighted by Crippen LogP contribution is 2.23. The molecule has 1 rings (SSSR count). The first-order valence-corrected chi connectivity index (χ1v) is 3.83. The van der Waals surface area contributed by atoms with Crippen molar-refractivity contribution < 1.29 is 0 Å². The topological polar surface area (TPSA) is 0 Å². The highest BCUT2D eigenvalue weighted by molar-refractivity contribution is 5.12. The Kier molecular flexibility index (Phi) is 2.16. The maximum atomic E-state index is 3.26. The van der Waals surface area contributed by atoms with Crippen LogP contribution in [0.15, 0.2) is 0 Å². The SMILES string of the molecule is CCCC1C#CCC1C. The summed E-state index contributed by atoms with van der Waals surface area (Å²) < 4.78 is 0. The highest BCUT2D eigenvalue weighted by Gasteiger charge is 2.16. The van der Waals surface area contributed by atoms with E-state index < -0.39 is 0 Å². The minimum absolute atomic E-state index is 0.718. The average Bonchev–Trinajstić information content (AvgIpc) is 2.18. The highest BCUT2D eigenvalue weighted by atomic mass is 14.2. The van der Waals surface area contributed by atoms with Gasteiger partial charge in [0, 0.05) is 12.3 Å². The summed E-state index contributed by atoms with van der Waals surface area (Å²) in [5.41, 5.74) is 0. The minimum atomic E-state index is 0.718. The van der Waals surface area contributed by atoms with E-state index in [-0.39, 0.29) is 0 Å². The van der Waals surface area contributed by atoms with Gasteiger partial charge in [0.1, 0.15) is 0 Å². The van der Waals surface area contributed by atoms with Crippen LogP contribution in [0.2, 0.25) is 0 Å². The Hall–Kier alpha value is -0.440. The van der Waals surface area contributed by atoms with Gasteiger partial charge in [0.15, 0.2) is 0 Å². The molecule has 1 aliphatic rings. The fourth-order valence-electron chi connectivity index (χ4n) is 1.30. The quantitative estimate of drug-likeness (QED) is 0.493. The van der Waals surface area contributed by atoms with Crippen molar-refractivity contribution in [2.75, 3.05) is 0 Å². The largest absolute Gasteiger partial charge is 0.103 e. The van der Waals surface area contributed by atoms with Crippen molar-refractivity contribution >= 4 is 0 Å². The van der Waals surface area contributed by atoms with Gasteiger partial charge in [-0.3, -0.25) is 0 Å². The van der Waals surface area contributed by atoms with Crippen molar-refractivity contribution in [1.29, 1.82) is 0 Å². The molecular weight excluding hydrogens is 108 g/mol. The Morgan fingerprint density at radius 2 is 2.33 bits per heavy atom. The van der Waals surface area contributed by atoms with Crippen LogP contribution in [0.1, 0.15) is 33.1 Å². The molecular formula is C9H14. The smallest absolute Gasteiger partial charge is 0.0237 e. The van der Waals surface area contributed by atoms with E-state index in [0.717, 1.165) is 18.3 Å². The lowest BCUT2D eigenvalue weighted by Crippen LogP contribution is -2.03. The lowest BCUT2D eigenvalue weighted by atomic mass is 9.93. The van der Waals surface area contributed by atoms with Gasteiger partial charge in [0.05, 0.1) is 0 Å². The molecule has 2 unspecified atom stereocenters. The van der Waals surface area contributed by atoms with Crippen LogP contribution >= 0.6 is 0 Å². The second kappa shape index (κ2) is 2.92. The lowest BCUT2D eigenvalue weighted by Gasteiger charge is -2.10. The molecule has 0 fully saturated rings. The van der Waals surface area contributed by atoms with Crippen molar-refractivity contribution in [3.8, 4) is 11.8 Å². The summed E-state index contributed by atoms with van der Waals surface area (Å²) in [4.78, 5) is 0. The van der Waals surface area contributed by atoms with Gasteiger partial charge in [-0.25, -0.2) is 0 Å². The molecule has 0 saturated carbocycles. The molecule has 0 aromatic carbocycles. The van der Waals surface area contributed by atoms with E-state index in [9.17, 15) is 0 Å². The van der Waals surface area contributed by atoms with Crippen molar-refractivity contribution in [3.63, 3.8) is 0 Å². The summed E-state index contributed by atoms with van der Waals surface area (Å²) in [6.07, 6.45) is 3.71. The van der Waals surface area contributed by atoms with Gasteiger partial charge in [-0.05, 0) is 12.3 Å². The molecule has 0 spiro atoms. The van der Waals surface area contributed by atoms with Crippen LogP contribution in [0.3, 0.4) is 0 Å². The van der Waals surface area contributed by atoms with Gasteiger partial charge in [-0.15, -0.1) is 5.92 Å². The van der Waals surface area contributed by atoms with E-state index in [1.54, 1.807) is 0 Å². The van der Waals surface area contributed by atoms with Crippen LogP contribution in [0, 0.1) is 23.7 Å². The first-order valence-electron chi connectivity index (χ1n) is 3.83. The number of hydrogen-bond donors (Lipinski definition) is 0. The fraction of sp³-hybridized carbons (Fsp3) is 0.778. The van der Waals surface area contributed by atoms with Gasteiger partial charge in [0.2, 0.25) is 0 Å². The van der Waals surface area contributed by atoms with E-state index in [2.05, 4.69) is 25.7 Å². The Bertz CT molecular complexity index is 136. The minimum Gasteiger partial charge on any atom is -0.103 e. The lowest BCUT2D eigenvalue weighted by molar-refractivity contribution is 0.438. The van der Waals surface area contributed by atoms with Crippen LogP contribution < -0.4 is 0 Å². The van der Waals surface area contributed by atoms with E-state index in [1.807, 2.05) is 0 Å². The molecule has 50 valence electrons. The summed E-state index contributed by atoms with van der Waals surface area (Å²) in [5.74, 6) is 7.94. The first-order chi connectivity index (χ1) is 4.34. The van der Waals surface area contributed by atoms with Crippen LogP contribution in [0.25, 0.3) is 0 Å². The van der Waals surface area contributed by atoms with E-state index in [4.69, 9.17) is 0 Å². The normalized spacial score (nSPS) is 31.8. The molecule has 0 N–H and O–H groups in total. The maximum Gasteiger partial charge on any atom is 0.0237 e. The molecule has 0 aromatic rings. The molecule has 0 heterocycles. The number of hydrogen-bond acceptors (Lipinski definition) is 0. The Balaban J connectivity index is 2.34. The van der Waals surface area contributed by atoms with Gasteiger partial charge >= 0.3 is 0 Å². The third kappa shape index (κ3) is 1.48. The molecule has 0 aliphatic heterocycles. The standard InChI is InChI=1S/C9H14/c1-3-5-9-7-4-6-8(9)2/h8-9H,3,5-6H2,1-2H3. The Morgan fingerprint density at radius 3 is 2.78 bits per heavy atom. The molecule has 1 aliphatic carbocycles. The third-order valence-corrected chi connectivity index (χ3v) is 2.00. The van der Waals surface area contributed by atoms with Crippen LogP contribution in [-0.2, 0) is 0 Å². The molecule has 9 heavy (non-hydrogen) atoms. The van der Waals surface area contributed by atoms with Crippen LogP contribution in [-0.4, -0.2) is 0 Å². The van der Waals surface area contributed by atoms with Crippen molar-refractivity contribution in [2.45, 2.75) is 33.1 Å². The van der Waals surface area contributed by atoms with E-state index in [1.165, 1.54) is 12.8 Å². The molecule has 2 atom stereocenters. The molecule has 0 saturated heterocycles. The van der Waals surface area contributed by atoms with Crippen LogP contribution in [0.4, 0.5) is 0 Å². The zero-order valence-corrected chi connectivity index (χ0v) is 6.28. The fourth-order valence-corrected chi connectivity index (χ4v) is 1.30. The van der Waals surface area contributed by atoms with Gasteiger partial charge in [-0.2, -0.15) is 0 Å². The van der Waals surface area contributed by atoms with Crippen molar-refractivity contribution in [3.05, 3.63) is 0 Å². The molecule has 0 aromatic heterocycles. The third-order valence-electron chi connectivity index (χ3n) is 2.00. The van der Waals surface area contributed by atoms with Gasteiger partial charge < -0.3 is 0 Å². The monoisotopic (exact) mass is 122 g/mol. The predicted molar refractivity (Wildman–Crippen MR) is 40.0 cm³/mol. The first kappa shape index (κ1) is 6.68. The summed E-state index contributed by atoms with van der Waals surface area (Å²) in [6.45, 7) is 4.51. The zero-order valence-electron chi connectivity index (χ0n) is 6.28. The second-order valence-corrected chi connectivity index (χ2v) is 2.90. The number of rotatable bonds is 2. The van der Waals surface area contributed by atoms with Gasteiger partial charge in [0.25, 0.3) is 0 Å². The van der Waals surface area contributed by atoms with E-state index >= 15 is 0 Å². The maximum absolute atomic E-state index is 3.26. The molecule has 0 nitrogen and oxygen atoms in total. The Labute approximate surface area is 57.7 Å². The summed E-state index contributed by atoms with van der Waals surface area (Å²) in [6, 6.07) is 0. The van der Waals surface area contributed by atoms with E-state index in [0.29, 0.717) is 0 Å². The molecule has 0 radical (unpaired) electrons. The molecule has 0 amide bonds. The molecule has 0 bridgehead atoms. The predicted octanol–water partition coefficient (Wildman–Crippen LogP) is 2.45.